The van der Waals surface area contributed by atoms with Crippen LogP contribution in [0.25, 0.3) is 10.8 Å². The summed E-state index contributed by atoms with van der Waals surface area (Å²) < 4.78 is 5.35. The number of imide groups is 1. The number of rotatable bonds is 5. The first-order valence-corrected chi connectivity index (χ1v) is 9.20. The molecule has 4 N–H and O–H groups in total. The maximum atomic E-state index is 12.8. The molecule has 0 heterocycles. The Hall–Kier alpha value is -4.07. The van der Waals surface area contributed by atoms with Crippen molar-refractivity contribution in [2.45, 2.75) is 13.0 Å². The fourth-order valence-corrected chi connectivity index (χ4v) is 2.95. The number of carbonyl (C=O) groups is 3. The molecule has 0 saturated carbocycles. The zero-order chi connectivity index (χ0) is 21.7. The van der Waals surface area contributed by atoms with Gasteiger partial charge in [0.15, 0.2) is 0 Å². The fourth-order valence-electron chi connectivity index (χ4n) is 2.95. The Bertz CT molecular complexity index is 1100. The van der Waals surface area contributed by atoms with Crippen LogP contribution in [0, 0.1) is 0 Å². The molecule has 0 aliphatic carbocycles. The molecule has 0 aliphatic heterocycles. The first kappa shape index (κ1) is 20.7. The van der Waals surface area contributed by atoms with Crippen molar-refractivity contribution in [3.63, 3.8) is 0 Å². The van der Waals surface area contributed by atoms with Crippen LogP contribution in [0.1, 0.15) is 28.9 Å². The summed E-state index contributed by atoms with van der Waals surface area (Å²) in [6.07, 6.45) is -1.45. The van der Waals surface area contributed by atoms with E-state index in [0.29, 0.717) is 17.5 Å². The number of nitrogens with one attached hydrogen (secondary N) is 2. The van der Waals surface area contributed by atoms with E-state index >= 15 is 0 Å². The number of aromatic hydroxyl groups is 2. The first-order chi connectivity index (χ1) is 14.4. The Balaban J connectivity index is 1.94. The molecule has 8 nitrogen and oxygen atoms in total. The predicted molar refractivity (Wildman–Crippen MR) is 109 cm³/mol. The fraction of sp³-hybridized carbons (Fsp3) is 0.136. The number of benzene rings is 3. The first-order valence-electron chi connectivity index (χ1n) is 9.20. The van der Waals surface area contributed by atoms with Crippen molar-refractivity contribution in [2.75, 3.05) is 6.54 Å². The highest BCUT2D eigenvalue weighted by molar-refractivity contribution is 6.05. The van der Waals surface area contributed by atoms with Crippen molar-refractivity contribution in [1.29, 1.82) is 0 Å². The topological polar surface area (TPSA) is 125 Å². The summed E-state index contributed by atoms with van der Waals surface area (Å²) in [5, 5.41) is 25.9. The lowest BCUT2D eigenvalue weighted by Crippen LogP contribution is -2.42. The summed E-state index contributed by atoms with van der Waals surface area (Å²) in [6.45, 7) is 1.99. The van der Waals surface area contributed by atoms with Gasteiger partial charge in [-0.1, -0.05) is 54.6 Å². The van der Waals surface area contributed by atoms with Crippen LogP contribution in [0.15, 0.2) is 60.7 Å². The molecule has 3 amide bonds. The maximum Gasteiger partial charge on any atom is 0.343 e. The van der Waals surface area contributed by atoms with Crippen molar-refractivity contribution < 1.29 is 29.3 Å². The number of carbonyl (C=O) groups excluding carboxylic acids is 3. The molecule has 8 heteroatoms. The van der Waals surface area contributed by atoms with Gasteiger partial charge in [-0.15, -0.1) is 0 Å². The molecule has 0 aromatic heterocycles. The summed E-state index contributed by atoms with van der Waals surface area (Å²) >= 11 is 0. The van der Waals surface area contributed by atoms with Gasteiger partial charge in [-0.05, 0) is 13.0 Å². The molecule has 3 rings (SSSR count). The van der Waals surface area contributed by atoms with Crippen molar-refractivity contribution in [1.82, 2.24) is 10.6 Å². The SMILES string of the molecule is CCNC(=O)NC(=O)[C@H](OC(=O)c1cc(O)c2ccccc2c1O)c1ccccc1. The monoisotopic (exact) mass is 408 g/mol. The number of urea groups is 1. The molecule has 0 radical (unpaired) electrons. The molecule has 0 unspecified atom stereocenters. The summed E-state index contributed by atoms with van der Waals surface area (Å²) in [6, 6.07) is 14.9. The summed E-state index contributed by atoms with van der Waals surface area (Å²) in [7, 11) is 0. The van der Waals surface area contributed by atoms with Gasteiger partial charge in [0.1, 0.15) is 17.1 Å². The standard InChI is InChI=1S/C22H20N2O6/c1-2-23-22(29)24-20(27)19(13-8-4-3-5-9-13)30-21(28)16-12-17(25)14-10-6-7-11-15(14)18(16)26/h3-12,19,25-26H,2H2,1H3,(H2,23,24,27,29)/t19-/m1/s1. The third kappa shape index (κ3) is 4.33. The van der Waals surface area contributed by atoms with Gasteiger partial charge in [0.2, 0.25) is 6.10 Å². The lowest BCUT2D eigenvalue weighted by atomic mass is 10.0. The van der Waals surface area contributed by atoms with Gasteiger partial charge in [0, 0.05) is 22.9 Å². The van der Waals surface area contributed by atoms with Crippen LogP contribution < -0.4 is 10.6 Å². The quantitative estimate of drug-likeness (QED) is 0.380. The zero-order valence-electron chi connectivity index (χ0n) is 16.1. The van der Waals surface area contributed by atoms with E-state index in [1.54, 1.807) is 55.5 Å². The van der Waals surface area contributed by atoms with E-state index in [1.807, 2.05) is 0 Å². The van der Waals surface area contributed by atoms with Crippen LogP contribution in [0.2, 0.25) is 0 Å². The number of hydrogen-bond donors (Lipinski definition) is 4. The number of amides is 3. The summed E-state index contributed by atoms with van der Waals surface area (Å²) in [5.41, 5.74) is 0.0232. The molecule has 1 atom stereocenters. The lowest BCUT2D eigenvalue weighted by molar-refractivity contribution is -0.129. The van der Waals surface area contributed by atoms with Gasteiger partial charge in [-0.25, -0.2) is 9.59 Å². The minimum atomic E-state index is -1.45. The summed E-state index contributed by atoms with van der Waals surface area (Å²) in [5.74, 6) is -2.50. The number of hydrogen-bond acceptors (Lipinski definition) is 6. The average Bonchev–Trinajstić information content (AvgIpc) is 2.75. The maximum absolute atomic E-state index is 12.8. The zero-order valence-corrected chi connectivity index (χ0v) is 16.1. The van der Waals surface area contributed by atoms with Crippen LogP contribution in [-0.4, -0.2) is 34.7 Å². The summed E-state index contributed by atoms with van der Waals surface area (Å²) in [4.78, 5) is 37.1. The molecule has 154 valence electrons. The van der Waals surface area contributed by atoms with E-state index in [0.717, 1.165) is 6.07 Å². The van der Waals surface area contributed by atoms with E-state index in [9.17, 15) is 24.6 Å². The molecular weight excluding hydrogens is 388 g/mol. The highest BCUT2D eigenvalue weighted by Gasteiger charge is 2.29. The molecule has 3 aromatic rings. The Morgan fingerprint density at radius 1 is 0.967 bits per heavy atom. The molecular formula is C22H20N2O6. The second-order valence-electron chi connectivity index (χ2n) is 6.38. The van der Waals surface area contributed by atoms with E-state index in [-0.39, 0.29) is 22.4 Å². The molecule has 0 saturated heterocycles. The van der Waals surface area contributed by atoms with E-state index < -0.39 is 24.0 Å². The van der Waals surface area contributed by atoms with Crippen LogP contribution in [0.4, 0.5) is 4.79 Å². The second-order valence-corrected chi connectivity index (χ2v) is 6.38. The minimum Gasteiger partial charge on any atom is -0.507 e. The number of esters is 1. The Labute approximate surface area is 172 Å². The van der Waals surface area contributed by atoms with E-state index in [2.05, 4.69) is 10.6 Å². The van der Waals surface area contributed by atoms with Gasteiger partial charge in [-0.2, -0.15) is 0 Å². The van der Waals surface area contributed by atoms with Crippen molar-refractivity contribution in [3.05, 3.63) is 71.8 Å². The lowest BCUT2D eigenvalue weighted by Gasteiger charge is -2.18. The molecule has 3 aromatic carbocycles. The van der Waals surface area contributed by atoms with Crippen LogP contribution in [-0.2, 0) is 9.53 Å². The normalized spacial score (nSPS) is 11.5. The number of phenolic OH excluding ortho intramolecular Hbond substituents is 2. The van der Waals surface area contributed by atoms with Crippen LogP contribution >= 0.6 is 0 Å². The third-order valence-corrected chi connectivity index (χ3v) is 4.35. The second kappa shape index (κ2) is 8.95. The number of ether oxygens (including phenoxy) is 1. The largest absolute Gasteiger partial charge is 0.507 e. The van der Waals surface area contributed by atoms with Gasteiger partial charge in [0.05, 0.1) is 0 Å². The van der Waals surface area contributed by atoms with E-state index in [4.69, 9.17) is 4.74 Å². The van der Waals surface area contributed by atoms with Gasteiger partial charge in [-0.3, -0.25) is 10.1 Å². The van der Waals surface area contributed by atoms with Gasteiger partial charge >= 0.3 is 12.0 Å². The third-order valence-electron chi connectivity index (χ3n) is 4.35. The smallest absolute Gasteiger partial charge is 0.343 e. The van der Waals surface area contributed by atoms with Crippen molar-refractivity contribution in [2.24, 2.45) is 0 Å². The Morgan fingerprint density at radius 3 is 2.27 bits per heavy atom. The molecule has 0 spiro atoms. The molecule has 0 fully saturated rings. The van der Waals surface area contributed by atoms with Crippen molar-refractivity contribution >= 4 is 28.7 Å². The minimum absolute atomic E-state index is 0.224. The molecule has 30 heavy (non-hydrogen) atoms. The molecule has 0 aliphatic rings. The highest BCUT2D eigenvalue weighted by Crippen LogP contribution is 2.36. The Kier molecular flexibility index (Phi) is 6.17. The van der Waals surface area contributed by atoms with Crippen molar-refractivity contribution in [3.8, 4) is 11.5 Å². The van der Waals surface area contributed by atoms with E-state index in [1.165, 1.54) is 6.07 Å². The number of fused-ring (bicyclic) bond motifs is 1. The predicted octanol–water partition coefficient (Wildman–Crippen LogP) is 2.99. The Morgan fingerprint density at radius 2 is 1.60 bits per heavy atom. The van der Waals surface area contributed by atoms with Gasteiger partial charge in [0.25, 0.3) is 5.91 Å². The van der Waals surface area contributed by atoms with Gasteiger partial charge < -0.3 is 20.3 Å². The molecule has 0 bridgehead atoms. The van der Waals surface area contributed by atoms with Crippen LogP contribution in [0.5, 0.6) is 11.5 Å². The average molecular weight is 408 g/mol. The van der Waals surface area contributed by atoms with Crippen LogP contribution in [0.3, 0.4) is 0 Å². The number of phenols is 2. The highest BCUT2D eigenvalue weighted by atomic mass is 16.5.